The number of aromatic nitrogens is 3. The van der Waals surface area contributed by atoms with Gasteiger partial charge >= 0.3 is 0 Å². The predicted molar refractivity (Wildman–Crippen MR) is 103 cm³/mol. The fourth-order valence-corrected chi connectivity index (χ4v) is 3.75. The standard InChI is InChI=1S/C19H21N5S/c1-2-7-15(6-1)22-19-23-17(14-5-3-9-20-12-14)11-18(24-19)21-13-16-8-4-10-25-16/h3-5,8-12,15H,1-2,6-7,13H2,(H2,21,22,23,24). The molecule has 0 aromatic carbocycles. The molecule has 5 nitrogen and oxygen atoms in total. The van der Waals surface area contributed by atoms with Crippen LogP contribution in [0.5, 0.6) is 0 Å². The van der Waals surface area contributed by atoms with Crippen LogP contribution in [0.2, 0.25) is 0 Å². The van der Waals surface area contributed by atoms with Crippen molar-refractivity contribution in [3.8, 4) is 11.3 Å². The monoisotopic (exact) mass is 351 g/mol. The van der Waals surface area contributed by atoms with Gasteiger partial charge < -0.3 is 10.6 Å². The lowest BCUT2D eigenvalue weighted by Gasteiger charge is -2.14. The molecule has 3 aromatic heterocycles. The zero-order valence-electron chi connectivity index (χ0n) is 14.0. The van der Waals surface area contributed by atoms with Gasteiger partial charge in [0, 0.05) is 34.9 Å². The van der Waals surface area contributed by atoms with Crippen molar-refractivity contribution in [1.29, 1.82) is 0 Å². The van der Waals surface area contributed by atoms with Crippen LogP contribution >= 0.6 is 11.3 Å². The van der Waals surface area contributed by atoms with Crippen molar-refractivity contribution in [3.63, 3.8) is 0 Å². The summed E-state index contributed by atoms with van der Waals surface area (Å²) in [6, 6.07) is 10.6. The van der Waals surface area contributed by atoms with E-state index < -0.39 is 0 Å². The van der Waals surface area contributed by atoms with E-state index in [-0.39, 0.29) is 0 Å². The lowest BCUT2D eigenvalue weighted by atomic mass is 10.2. The van der Waals surface area contributed by atoms with E-state index in [1.165, 1.54) is 30.6 Å². The van der Waals surface area contributed by atoms with Crippen molar-refractivity contribution in [3.05, 3.63) is 53.0 Å². The second kappa shape index (κ2) is 7.61. The van der Waals surface area contributed by atoms with E-state index in [1.807, 2.05) is 24.4 Å². The van der Waals surface area contributed by atoms with Crippen molar-refractivity contribution in [2.75, 3.05) is 10.6 Å². The number of anilines is 2. The lowest BCUT2D eigenvalue weighted by Crippen LogP contribution is -2.17. The molecule has 1 aliphatic rings. The Hall–Kier alpha value is -2.47. The fourth-order valence-electron chi connectivity index (χ4n) is 3.11. The number of rotatable bonds is 6. The number of hydrogen-bond acceptors (Lipinski definition) is 6. The van der Waals surface area contributed by atoms with Gasteiger partial charge in [0.1, 0.15) is 5.82 Å². The molecule has 0 atom stereocenters. The van der Waals surface area contributed by atoms with E-state index in [4.69, 9.17) is 4.98 Å². The van der Waals surface area contributed by atoms with Gasteiger partial charge in [0.15, 0.2) is 0 Å². The van der Waals surface area contributed by atoms with Crippen LogP contribution in [0, 0.1) is 0 Å². The third-order valence-electron chi connectivity index (χ3n) is 4.40. The minimum Gasteiger partial charge on any atom is -0.365 e. The molecule has 1 fully saturated rings. The summed E-state index contributed by atoms with van der Waals surface area (Å²) in [5, 5.41) is 9.01. The van der Waals surface area contributed by atoms with E-state index in [2.05, 4.69) is 38.1 Å². The lowest BCUT2D eigenvalue weighted by molar-refractivity contribution is 0.744. The molecule has 0 spiro atoms. The van der Waals surface area contributed by atoms with Gasteiger partial charge in [-0.25, -0.2) is 4.98 Å². The van der Waals surface area contributed by atoms with E-state index in [0.717, 1.165) is 23.6 Å². The molecular weight excluding hydrogens is 330 g/mol. The first-order valence-electron chi connectivity index (χ1n) is 8.69. The highest BCUT2D eigenvalue weighted by Crippen LogP contribution is 2.25. The minimum atomic E-state index is 0.481. The average Bonchev–Trinajstić information content (AvgIpc) is 3.34. The van der Waals surface area contributed by atoms with Gasteiger partial charge in [-0.3, -0.25) is 4.98 Å². The second-order valence-corrected chi connectivity index (χ2v) is 7.29. The maximum absolute atomic E-state index is 4.71. The van der Waals surface area contributed by atoms with Crippen molar-refractivity contribution in [2.45, 2.75) is 38.3 Å². The molecule has 1 aliphatic carbocycles. The van der Waals surface area contributed by atoms with Crippen molar-refractivity contribution >= 4 is 23.1 Å². The average molecular weight is 351 g/mol. The molecule has 3 heterocycles. The summed E-state index contributed by atoms with van der Waals surface area (Å²) in [5.74, 6) is 1.53. The van der Waals surface area contributed by atoms with Crippen LogP contribution in [-0.4, -0.2) is 21.0 Å². The topological polar surface area (TPSA) is 62.7 Å². The molecule has 0 bridgehead atoms. The molecule has 4 rings (SSSR count). The van der Waals surface area contributed by atoms with Gasteiger partial charge in [-0.05, 0) is 36.4 Å². The van der Waals surface area contributed by atoms with E-state index >= 15 is 0 Å². The second-order valence-electron chi connectivity index (χ2n) is 6.26. The van der Waals surface area contributed by atoms with Gasteiger partial charge in [-0.1, -0.05) is 18.9 Å². The first-order valence-corrected chi connectivity index (χ1v) is 9.57. The third kappa shape index (κ3) is 4.14. The summed E-state index contributed by atoms with van der Waals surface area (Å²) in [4.78, 5) is 14.9. The van der Waals surface area contributed by atoms with Crippen molar-refractivity contribution in [1.82, 2.24) is 15.0 Å². The Labute approximate surface area is 151 Å². The SMILES string of the molecule is c1cncc(-c2cc(NCc3cccs3)nc(NC3CCCC3)n2)c1. The maximum Gasteiger partial charge on any atom is 0.225 e. The molecule has 25 heavy (non-hydrogen) atoms. The summed E-state index contributed by atoms with van der Waals surface area (Å²) >= 11 is 1.74. The van der Waals surface area contributed by atoms with Gasteiger partial charge in [0.05, 0.1) is 12.2 Å². The van der Waals surface area contributed by atoms with Crippen LogP contribution in [0.15, 0.2) is 48.1 Å². The van der Waals surface area contributed by atoms with Crippen LogP contribution in [0.3, 0.4) is 0 Å². The first-order chi connectivity index (χ1) is 12.4. The molecule has 0 radical (unpaired) electrons. The number of thiophene rings is 1. The molecule has 0 amide bonds. The molecule has 6 heteroatoms. The van der Waals surface area contributed by atoms with E-state index in [0.29, 0.717) is 12.0 Å². The third-order valence-corrected chi connectivity index (χ3v) is 5.27. The number of nitrogens with one attached hydrogen (secondary N) is 2. The van der Waals surface area contributed by atoms with E-state index in [1.54, 1.807) is 17.5 Å². The summed E-state index contributed by atoms with van der Waals surface area (Å²) in [6.45, 7) is 0.768. The quantitative estimate of drug-likeness (QED) is 0.681. The van der Waals surface area contributed by atoms with Gasteiger partial charge in [0.2, 0.25) is 5.95 Å². The largest absolute Gasteiger partial charge is 0.365 e. The van der Waals surface area contributed by atoms with Crippen LogP contribution < -0.4 is 10.6 Å². The zero-order valence-corrected chi connectivity index (χ0v) is 14.8. The smallest absolute Gasteiger partial charge is 0.225 e. The highest BCUT2D eigenvalue weighted by Gasteiger charge is 2.16. The van der Waals surface area contributed by atoms with Crippen LogP contribution in [0.25, 0.3) is 11.3 Å². The fraction of sp³-hybridized carbons (Fsp3) is 0.316. The molecular formula is C19H21N5S. The zero-order chi connectivity index (χ0) is 16.9. The Bertz CT molecular complexity index is 798. The summed E-state index contributed by atoms with van der Waals surface area (Å²) < 4.78 is 0. The van der Waals surface area contributed by atoms with E-state index in [9.17, 15) is 0 Å². The van der Waals surface area contributed by atoms with Crippen molar-refractivity contribution in [2.24, 2.45) is 0 Å². The summed E-state index contributed by atoms with van der Waals surface area (Å²) in [5.41, 5.74) is 1.89. The maximum atomic E-state index is 4.71. The minimum absolute atomic E-state index is 0.481. The van der Waals surface area contributed by atoms with Gasteiger partial charge in [-0.15, -0.1) is 11.3 Å². The number of hydrogen-bond donors (Lipinski definition) is 2. The summed E-state index contributed by atoms with van der Waals surface area (Å²) in [6.07, 6.45) is 8.56. The molecule has 3 aromatic rings. The first kappa shape index (κ1) is 16.0. The van der Waals surface area contributed by atoms with Gasteiger partial charge in [-0.2, -0.15) is 4.98 Å². The Kier molecular flexibility index (Phi) is 4.88. The van der Waals surface area contributed by atoms with Crippen LogP contribution in [0.4, 0.5) is 11.8 Å². The predicted octanol–water partition coefficient (Wildman–Crippen LogP) is 4.57. The number of pyridine rings is 1. The Balaban J connectivity index is 1.59. The van der Waals surface area contributed by atoms with Crippen LogP contribution in [0.1, 0.15) is 30.6 Å². The van der Waals surface area contributed by atoms with Gasteiger partial charge in [0.25, 0.3) is 0 Å². The molecule has 2 N–H and O–H groups in total. The molecule has 1 saturated carbocycles. The Morgan fingerprint density at radius 3 is 2.80 bits per heavy atom. The highest BCUT2D eigenvalue weighted by molar-refractivity contribution is 7.09. The molecule has 0 unspecified atom stereocenters. The number of nitrogens with zero attached hydrogens (tertiary/aromatic N) is 3. The summed E-state index contributed by atoms with van der Waals surface area (Å²) in [7, 11) is 0. The Morgan fingerprint density at radius 1 is 1.12 bits per heavy atom. The highest BCUT2D eigenvalue weighted by atomic mass is 32.1. The van der Waals surface area contributed by atoms with Crippen molar-refractivity contribution < 1.29 is 0 Å². The molecule has 128 valence electrons. The van der Waals surface area contributed by atoms with Crippen LogP contribution in [-0.2, 0) is 6.54 Å². The normalized spacial score (nSPS) is 14.6. The molecule has 0 aliphatic heterocycles. The molecule has 0 saturated heterocycles. The Morgan fingerprint density at radius 2 is 2.04 bits per heavy atom.